The van der Waals surface area contributed by atoms with Crippen molar-refractivity contribution in [2.75, 3.05) is 18.2 Å². The summed E-state index contributed by atoms with van der Waals surface area (Å²) < 4.78 is 33.0. The molecule has 1 aromatic carbocycles. The fourth-order valence-corrected chi connectivity index (χ4v) is 3.63. The van der Waals surface area contributed by atoms with Crippen LogP contribution in [0.2, 0.25) is 0 Å². The van der Waals surface area contributed by atoms with Crippen molar-refractivity contribution in [2.24, 2.45) is 0 Å². The molecule has 9 nitrogen and oxygen atoms in total. The number of esters is 2. The van der Waals surface area contributed by atoms with E-state index < -0.39 is 27.7 Å². The highest BCUT2D eigenvalue weighted by Crippen LogP contribution is 2.25. The molecule has 11 heteroatoms. The maximum absolute atomic E-state index is 12.5. The van der Waals surface area contributed by atoms with Crippen LogP contribution in [-0.2, 0) is 24.2 Å². The molecule has 150 valence electrons. The van der Waals surface area contributed by atoms with Crippen LogP contribution in [0, 0.1) is 0 Å². The number of hydrogen-bond donors (Lipinski definition) is 1. The lowest BCUT2D eigenvalue weighted by atomic mass is 10.2. The first kappa shape index (κ1) is 21.5. The SMILES string of the molecule is CC(=O)OCCCC(=O)Oc1ccccc1C(=O)Nc1ncc(S(C)(=O)=O)s1. The van der Waals surface area contributed by atoms with Crippen LogP contribution in [-0.4, -0.2) is 44.1 Å². The summed E-state index contributed by atoms with van der Waals surface area (Å²) in [5.74, 6) is -1.56. The van der Waals surface area contributed by atoms with E-state index in [0.717, 1.165) is 23.8 Å². The number of nitrogens with zero attached hydrogens (tertiary/aromatic N) is 1. The van der Waals surface area contributed by atoms with Crippen LogP contribution >= 0.6 is 11.3 Å². The molecule has 2 rings (SSSR count). The van der Waals surface area contributed by atoms with E-state index in [1.165, 1.54) is 19.1 Å². The first-order valence-electron chi connectivity index (χ1n) is 8.07. The van der Waals surface area contributed by atoms with Crippen molar-refractivity contribution in [1.82, 2.24) is 4.98 Å². The second-order valence-corrected chi connectivity index (χ2v) is 8.90. The number of thiazole rings is 1. The van der Waals surface area contributed by atoms with Crippen molar-refractivity contribution in [2.45, 2.75) is 24.0 Å². The third-order valence-electron chi connectivity index (χ3n) is 3.26. The summed E-state index contributed by atoms with van der Waals surface area (Å²) in [4.78, 5) is 38.9. The summed E-state index contributed by atoms with van der Waals surface area (Å²) in [5, 5.41) is 2.59. The minimum atomic E-state index is -3.42. The maximum atomic E-state index is 12.5. The molecular weight excluding hydrogens is 408 g/mol. The topological polar surface area (TPSA) is 129 Å². The molecule has 0 radical (unpaired) electrons. The number of ether oxygens (including phenoxy) is 2. The highest BCUT2D eigenvalue weighted by Gasteiger charge is 2.18. The number of hydrogen-bond acceptors (Lipinski definition) is 9. The van der Waals surface area contributed by atoms with E-state index in [1.807, 2.05) is 0 Å². The van der Waals surface area contributed by atoms with Gasteiger partial charge in [-0.15, -0.1) is 0 Å². The smallest absolute Gasteiger partial charge is 0.311 e. The van der Waals surface area contributed by atoms with E-state index >= 15 is 0 Å². The van der Waals surface area contributed by atoms with E-state index in [1.54, 1.807) is 12.1 Å². The number of sulfone groups is 1. The fourth-order valence-electron chi connectivity index (χ4n) is 2.00. The third-order valence-corrected chi connectivity index (χ3v) is 5.96. The molecule has 0 aliphatic rings. The zero-order valence-corrected chi connectivity index (χ0v) is 16.8. The van der Waals surface area contributed by atoms with Gasteiger partial charge in [0.1, 0.15) is 9.96 Å². The predicted molar refractivity (Wildman–Crippen MR) is 101 cm³/mol. The average molecular weight is 426 g/mol. The summed E-state index contributed by atoms with van der Waals surface area (Å²) in [6.07, 6.45) is 2.50. The van der Waals surface area contributed by atoms with Crippen molar-refractivity contribution in [3.05, 3.63) is 36.0 Å². The molecule has 1 amide bonds. The summed E-state index contributed by atoms with van der Waals surface area (Å²) in [5.41, 5.74) is 0.0898. The number of benzene rings is 1. The first-order valence-corrected chi connectivity index (χ1v) is 10.8. The minimum Gasteiger partial charge on any atom is -0.466 e. The lowest BCUT2D eigenvalue weighted by molar-refractivity contribution is -0.142. The van der Waals surface area contributed by atoms with Crippen molar-refractivity contribution >= 4 is 44.2 Å². The lowest BCUT2D eigenvalue weighted by Gasteiger charge is -2.09. The van der Waals surface area contributed by atoms with Crippen LogP contribution in [0.4, 0.5) is 5.13 Å². The molecule has 1 aromatic heterocycles. The van der Waals surface area contributed by atoms with Gasteiger partial charge in [-0.1, -0.05) is 23.5 Å². The fraction of sp³-hybridized carbons (Fsp3) is 0.294. The maximum Gasteiger partial charge on any atom is 0.311 e. The highest BCUT2D eigenvalue weighted by molar-refractivity contribution is 7.92. The van der Waals surface area contributed by atoms with E-state index in [9.17, 15) is 22.8 Å². The number of carbonyl (C=O) groups is 3. The Morgan fingerprint density at radius 1 is 1.21 bits per heavy atom. The molecule has 2 aromatic rings. The van der Waals surface area contributed by atoms with Gasteiger partial charge >= 0.3 is 11.9 Å². The number of rotatable bonds is 8. The Hall–Kier alpha value is -2.79. The molecule has 0 saturated heterocycles. The Labute approximate surface area is 165 Å². The van der Waals surface area contributed by atoms with Gasteiger partial charge in [0.15, 0.2) is 15.0 Å². The Morgan fingerprint density at radius 2 is 1.93 bits per heavy atom. The van der Waals surface area contributed by atoms with Crippen LogP contribution in [0.15, 0.2) is 34.7 Å². The van der Waals surface area contributed by atoms with E-state index in [2.05, 4.69) is 10.3 Å². The zero-order chi connectivity index (χ0) is 20.7. The van der Waals surface area contributed by atoms with Gasteiger partial charge in [-0.2, -0.15) is 0 Å². The number of amides is 1. The number of aromatic nitrogens is 1. The van der Waals surface area contributed by atoms with E-state index in [4.69, 9.17) is 9.47 Å². The van der Waals surface area contributed by atoms with Gasteiger partial charge in [-0.3, -0.25) is 19.7 Å². The van der Waals surface area contributed by atoms with Gasteiger partial charge < -0.3 is 9.47 Å². The van der Waals surface area contributed by atoms with Crippen LogP contribution < -0.4 is 10.1 Å². The van der Waals surface area contributed by atoms with E-state index in [0.29, 0.717) is 6.42 Å². The standard InChI is InChI=1S/C17H18N2O7S2/c1-11(20)25-9-5-8-14(21)26-13-7-4-3-6-12(13)16(22)19-17-18-10-15(27-17)28(2,23)24/h3-4,6-7,10H,5,8-9H2,1-2H3,(H,18,19,22). The van der Waals surface area contributed by atoms with Gasteiger partial charge in [0.05, 0.1) is 18.4 Å². The quantitative estimate of drug-likeness (QED) is 0.386. The molecule has 0 fully saturated rings. The summed E-state index contributed by atoms with van der Waals surface area (Å²) >= 11 is 0.818. The van der Waals surface area contributed by atoms with Gasteiger partial charge in [0, 0.05) is 19.6 Å². The van der Waals surface area contributed by atoms with Crippen molar-refractivity contribution in [3.8, 4) is 5.75 Å². The molecule has 1 N–H and O–H groups in total. The Bertz CT molecular complexity index is 983. The number of para-hydroxylation sites is 1. The minimum absolute atomic E-state index is 0.00737. The van der Waals surface area contributed by atoms with Crippen LogP contribution in [0.25, 0.3) is 0 Å². The van der Waals surface area contributed by atoms with Crippen LogP contribution in [0.1, 0.15) is 30.1 Å². The molecule has 1 heterocycles. The van der Waals surface area contributed by atoms with Gasteiger partial charge in [0.2, 0.25) is 0 Å². The van der Waals surface area contributed by atoms with Crippen LogP contribution in [0.5, 0.6) is 5.75 Å². The average Bonchev–Trinajstić information content (AvgIpc) is 3.08. The number of carbonyl (C=O) groups excluding carboxylic acids is 3. The van der Waals surface area contributed by atoms with Gasteiger partial charge in [0.25, 0.3) is 5.91 Å². The normalized spacial score (nSPS) is 10.9. The predicted octanol–water partition coefficient (Wildman–Crippen LogP) is 2.05. The number of anilines is 1. The largest absolute Gasteiger partial charge is 0.466 e. The summed E-state index contributed by atoms with van der Waals surface area (Å²) in [6, 6.07) is 6.12. The molecule has 0 atom stereocenters. The molecule has 28 heavy (non-hydrogen) atoms. The molecule has 0 aliphatic carbocycles. The van der Waals surface area contributed by atoms with Gasteiger partial charge in [-0.05, 0) is 18.6 Å². The first-order chi connectivity index (χ1) is 13.2. The third kappa shape index (κ3) is 6.43. The lowest BCUT2D eigenvalue weighted by Crippen LogP contribution is -2.16. The van der Waals surface area contributed by atoms with Crippen molar-refractivity contribution in [1.29, 1.82) is 0 Å². The summed E-state index contributed by atoms with van der Waals surface area (Å²) in [6.45, 7) is 1.37. The molecule has 0 saturated carbocycles. The number of nitrogens with one attached hydrogen (secondary N) is 1. The highest BCUT2D eigenvalue weighted by atomic mass is 32.2. The molecule has 0 bridgehead atoms. The van der Waals surface area contributed by atoms with Gasteiger partial charge in [-0.25, -0.2) is 13.4 Å². The second-order valence-electron chi connectivity index (χ2n) is 5.62. The van der Waals surface area contributed by atoms with E-state index in [-0.39, 0.29) is 33.7 Å². The Balaban J connectivity index is 2.02. The van der Waals surface area contributed by atoms with Crippen molar-refractivity contribution in [3.63, 3.8) is 0 Å². The van der Waals surface area contributed by atoms with Crippen molar-refractivity contribution < 1.29 is 32.3 Å². The molecule has 0 unspecified atom stereocenters. The zero-order valence-electron chi connectivity index (χ0n) is 15.1. The molecule has 0 aliphatic heterocycles. The summed E-state index contributed by atoms with van der Waals surface area (Å²) in [7, 11) is -3.42. The van der Waals surface area contributed by atoms with Crippen LogP contribution in [0.3, 0.4) is 0 Å². The molecule has 0 spiro atoms. The monoisotopic (exact) mass is 426 g/mol. The Kier molecular flexibility index (Phi) is 7.24. The molecular formula is C17H18N2O7S2. The Morgan fingerprint density at radius 3 is 2.57 bits per heavy atom. The second kappa shape index (κ2) is 9.42.